The molecule has 7 heteroatoms. The number of carbonyl (C=O) groups is 1. The van der Waals surface area contributed by atoms with Crippen molar-refractivity contribution in [3.8, 4) is 0 Å². The fourth-order valence-electron chi connectivity index (χ4n) is 2.02. The number of fused-ring (bicyclic) bond motifs is 1. The molecule has 1 amide bonds. The molecule has 0 bridgehead atoms. The van der Waals surface area contributed by atoms with Crippen LogP contribution in [0, 0.1) is 0 Å². The number of aromatic nitrogens is 2. The van der Waals surface area contributed by atoms with Gasteiger partial charge in [0.2, 0.25) is 0 Å². The van der Waals surface area contributed by atoms with Crippen LogP contribution in [-0.2, 0) is 0 Å². The second kappa shape index (κ2) is 8.19. The predicted molar refractivity (Wildman–Crippen MR) is 91.0 cm³/mol. The Kier molecular flexibility index (Phi) is 6.25. The second-order valence-corrected chi connectivity index (χ2v) is 6.70. The van der Waals surface area contributed by atoms with E-state index in [0.717, 1.165) is 12.8 Å². The van der Waals surface area contributed by atoms with Gasteiger partial charge in [0.05, 0.1) is 5.69 Å². The maximum atomic E-state index is 12.1. The Morgan fingerprint density at radius 1 is 1.29 bits per heavy atom. The van der Waals surface area contributed by atoms with E-state index >= 15 is 0 Å². The molecule has 0 saturated carbocycles. The first-order valence-electron chi connectivity index (χ1n) is 7.00. The SMILES string of the molecule is CSCCCCCCNC(=O)c1sc2nccnc2c1N. The molecule has 5 nitrogen and oxygen atoms in total. The zero-order valence-corrected chi connectivity index (χ0v) is 13.7. The van der Waals surface area contributed by atoms with Gasteiger partial charge in [0.1, 0.15) is 15.2 Å². The van der Waals surface area contributed by atoms with E-state index in [2.05, 4.69) is 21.5 Å². The molecule has 2 aromatic rings. The number of nitrogen functional groups attached to an aromatic ring is 1. The molecular formula is C14H20N4OS2. The van der Waals surface area contributed by atoms with Gasteiger partial charge >= 0.3 is 0 Å². The zero-order chi connectivity index (χ0) is 15.1. The number of rotatable bonds is 8. The summed E-state index contributed by atoms with van der Waals surface area (Å²) in [6, 6.07) is 0. The summed E-state index contributed by atoms with van der Waals surface area (Å²) in [5.74, 6) is 1.09. The van der Waals surface area contributed by atoms with Gasteiger partial charge < -0.3 is 11.1 Å². The quantitative estimate of drug-likeness (QED) is 0.730. The molecule has 2 aromatic heterocycles. The lowest BCUT2D eigenvalue weighted by Crippen LogP contribution is -2.24. The largest absolute Gasteiger partial charge is 0.396 e. The van der Waals surface area contributed by atoms with E-state index in [-0.39, 0.29) is 5.91 Å². The Bertz CT molecular complexity index is 600. The van der Waals surface area contributed by atoms with Crippen molar-refractivity contribution in [1.29, 1.82) is 0 Å². The lowest BCUT2D eigenvalue weighted by molar-refractivity contribution is 0.0958. The average molecular weight is 324 g/mol. The van der Waals surface area contributed by atoms with E-state index in [4.69, 9.17) is 5.73 Å². The van der Waals surface area contributed by atoms with Crippen LogP contribution in [0.4, 0.5) is 5.69 Å². The van der Waals surface area contributed by atoms with Crippen LogP contribution >= 0.6 is 23.1 Å². The Labute approximate surface area is 132 Å². The van der Waals surface area contributed by atoms with Crippen molar-refractivity contribution in [3.63, 3.8) is 0 Å². The highest BCUT2D eigenvalue weighted by Gasteiger charge is 2.17. The highest BCUT2D eigenvalue weighted by atomic mass is 32.2. The third-order valence-corrected chi connectivity index (χ3v) is 4.93. The summed E-state index contributed by atoms with van der Waals surface area (Å²) >= 11 is 3.17. The fourth-order valence-corrected chi connectivity index (χ4v) is 3.45. The molecule has 0 atom stereocenters. The number of nitrogens with two attached hydrogens (primary N) is 1. The number of anilines is 1. The highest BCUT2D eigenvalue weighted by Crippen LogP contribution is 2.30. The molecule has 2 rings (SSSR count). The first kappa shape index (κ1) is 16.0. The predicted octanol–water partition coefficient (Wildman–Crippen LogP) is 2.93. The summed E-state index contributed by atoms with van der Waals surface area (Å²) in [6.45, 7) is 0.687. The topological polar surface area (TPSA) is 80.9 Å². The van der Waals surface area contributed by atoms with Gasteiger partial charge in [-0.3, -0.25) is 4.79 Å². The van der Waals surface area contributed by atoms with E-state index in [1.54, 1.807) is 12.4 Å². The van der Waals surface area contributed by atoms with Gasteiger partial charge in [0, 0.05) is 18.9 Å². The summed E-state index contributed by atoms with van der Waals surface area (Å²) in [5, 5.41) is 2.92. The lowest BCUT2D eigenvalue weighted by Gasteiger charge is -2.04. The summed E-state index contributed by atoms with van der Waals surface area (Å²) in [6.07, 6.45) is 9.92. The molecule has 0 aromatic carbocycles. The van der Waals surface area contributed by atoms with Crippen LogP contribution in [0.15, 0.2) is 12.4 Å². The Morgan fingerprint density at radius 3 is 2.81 bits per heavy atom. The van der Waals surface area contributed by atoms with Gasteiger partial charge in [-0.05, 0) is 24.9 Å². The van der Waals surface area contributed by atoms with Crippen molar-refractivity contribution < 1.29 is 4.79 Å². The maximum Gasteiger partial charge on any atom is 0.263 e. The molecule has 2 heterocycles. The molecule has 3 N–H and O–H groups in total. The minimum Gasteiger partial charge on any atom is -0.396 e. The van der Waals surface area contributed by atoms with Crippen LogP contribution in [0.25, 0.3) is 10.3 Å². The fraction of sp³-hybridized carbons (Fsp3) is 0.500. The van der Waals surface area contributed by atoms with Crippen LogP contribution in [0.2, 0.25) is 0 Å². The molecule has 0 radical (unpaired) electrons. The number of thioether (sulfide) groups is 1. The summed E-state index contributed by atoms with van der Waals surface area (Å²) in [7, 11) is 0. The molecule has 0 saturated heterocycles. The number of hydrogen-bond donors (Lipinski definition) is 2. The molecular weight excluding hydrogens is 304 g/mol. The highest BCUT2D eigenvalue weighted by molar-refractivity contribution is 7.98. The van der Waals surface area contributed by atoms with Crippen molar-refractivity contribution >= 4 is 45.0 Å². The number of carbonyl (C=O) groups excluding carboxylic acids is 1. The van der Waals surface area contributed by atoms with Gasteiger partial charge in [-0.15, -0.1) is 11.3 Å². The van der Waals surface area contributed by atoms with Crippen molar-refractivity contribution in [2.24, 2.45) is 0 Å². The molecule has 0 unspecified atom stereocenters. The van der Waals surface area contributed by atoms with Gasteiger partial charge in [0.25, 0.3) is 5.91 Å². The Balaban J connectivity index is 1.81. The Hall–Kier alpha value is -1.34. The van der Waals surface area contributed by atoms with E-state index in [0.29, 0.717) is 27.5 Å². The number of nitrogens with zero attached hydrogens (tertiary/aromatic N) is 2. The van der Waals surface area contributed by atoms with Crippen molar-refractivity contribution in [3.05, 3.63) is 17.3 Å². The first-order chi connectivity index (χ1) is 10.2. The average Bonchev–Trinajstić information content (AvgIpc) is 2.84. The normalized spacial score (nSPS) is 10.9. The van der Waals surface area contributed by atoms with Gasteiger partial charge in [-0.25, -0.2) is 9.97 Å². The molecule has 0 fully saturated rings. The lowest BCUT2D eigenvalue weighted by atomic mass is 10.2. The van der Waals surface area contributed by atoms with E-state index < -0.39 is 0 Å². The van der Waals surface area contributed by atoms with Crippen LogP contribution < -0.4 is 11.1 Å². The standard InChI is InChI=1S/C14H20N4OS2/c1-20-9-5-3-2-4-6-17-13(19)12-10(15)11-14(21-12)18-8-7-16-11/h7-8H,2-6,9,15H2,1H3,(H,17,19). The van der Waals surface area contributed by atoms with Crippen LogP contribution in [0.3, 0.4) is 0 Å². The monoisotopic (exact) mass is 324 g/mol. The molecule has 0 aliphatic carbocycles. The van der Waals surface area contributed by atoms with E-state index in [1.807, 2.05) is 11.8 Å². The first-order valence-corrected chi connectivity index (χ1v) is 9.21. The maximum absolute atomic E-state index is 12.1. The summed E-state index contributed by atoms with van der Waals surface area (Å²) < 4.78 is 0. The second-order valence-electron chi connectivity index (χ2n) is 4.72. The third-order valence-electron chi connectivity index (χ3n) is 3.13. The summed E-state index contributed by atoms with van der Waals surface area (Å²) in [4.78, 5) is 21.7. The van der Waals surface area contributed by atoms with Crippen molar-refractivity contribution in [2.75, 3.05) is 24.3 Å². The number of hydrogen-bond acceptors (Lipinski definition) is 6. The van der Waals surface area contributed by atoms with Crippen LogP contribution in [0.1, 0.15) is 35.4 Å². The molecule has 0 aliphatic rings. The van der Waals surface area contributed by atoms with Gasteiger partial charge in [-0.2, -0.15) is 11.8 Å². The minimum absolute atomic E-state index is 0.124. The third kappa shape index (κ3) is 4.31. The van der Waals surface area contributed by atoms with Crippen LogP contribution in [-0.4, -0.2) is 34.4 Å². The van der Waals surface area contributed by atoms with Gasteiger partial charge in [-0.1, -0.05) is 12.8 Å². The smallest absolute Gasteiger partial charge is 0.263 e. The number of amides is 1. The minimum atomic E-state index is -0.124. The number of unbranched alkanes of at least 4 members (excludes halogenated alkanes) is 3. The van der Waals surface area contributed by atoms with E-state index in [9.17, 15) is 4.79 Å². The molecule has 114 valence electrons. The molecule has 0 aliphatic heterocycles. The molecule has 21 heavy (non-hydrogen) atoms. The Morgan fingerprint density at radius 2 is 2.05 bits per heavy atom. The number of thiophene rings is 1. The van der Waals surface area contributed by atoms with Crippen molar-refractivity contribution in [2.45, 2.75) is 25.7 Å². The molecule has 0 spiro atoms. The van der Waals surface area contributed by atoms with E-state index in [1.165, 1.54) is 29.9 Å². The van der Waals surface area contributed by atoms with Crippen molar-refractivity contribution in [1.82, 2.24) is 15.3 Å². The summed E-state index contributed by atoms with van der Waals surface area (Å²) in [5.41, 5.74) is 7.02. The van der Waals surface area contributed by atoms with Crippen LogP contribution in [0.5, 0.6) is 0 Å². The number of nitrogens with one attached hydrogen (secondary N) is 1. The van der Waals surface area contributed by atoms with Gasteiger partial charge in [0.15, 0.2) is 0 Å². The zero-order valence-electron chi connectivity index (χ0n) is 12.1.